The molecular formula is C12H15BrFN. The molecule has 0 unspecified atom stereocenters. The predicted molar refractivity (Wildman–Crippen MR) is 66.0 cm³/mol. The van der Waals surface area contributed by atoms with Gasteiger partial charge in [0.15, 0.2) is 0 Å². The Hall–Kier alpha value is -0.670. The van der Waals surface area contributed by atoms with Crippen molar-refractivity contribution in [1.82, 2.24) is 0 Å². The molecule has 0 aromatic heterocycles. The smallest absolute Gasteiger partial charge is 0.137 e. The van der Waals surface area contributed by atoms with Crippen LogP contribution in [-0.2, 0) is 0 Å². The minimum Gasteiger partial charge on any atom is -0.327 e. The zero-order chi connectivity index (χ0) is 11.4. The van der Waals surface area contributed by atoms with Crippen LogP contribution in [0.3, 0.4) is 0 Å². The number of rotatable bonds is 3. The van der Waals surface area contributed by atoms with Crippen LogP contribution in [0.15, 0.2) is 28.2 Å². The molecule has 0 saturated heterocycles. The van der Waals surface area contributed by atoms with Gasteiger partial charge < -0.3 is 5.73 Å². The van der Waals surface area contributed by atoms with Gasteiger partial charge in [-0.05, 0) is 39.5 Å². The number of hydrogen-bond donors (Lipinski definition) is 1. The second-order valence-corrected chi connectivity index (χ2v) is 4.61. The second-order valence-electron chi connectivity index (χ2n) is 3.75. The highest BCUT2D eigenvalue weighted by Crippen LogP contribution is 2.20. The van der Waals surface area contributed by atoms with Crippen LogP contribution in [-0.4, -0.2) is 6.54 Å². The summed E-state index contributed by atoms with van der Waals surface area (Å²) in [5, 5.41) is 0. The quantitative estimate of drug-likeness (QED) is 0.894. The zero-order valence-corrected chi connectivity index (χ0v) is 10.5. The van der Waals surface area contributed by atoms with Gasteiger partial charge in [0.1, 0.15) is 5.82 Å². The summed E-state index contributed by atoms with van der Waals surface area (Å²) in [5.74, 6) is 0.171. The molecule has 0 saturated carbocycles. The molecule has 0 heterocycles. The fraction of sp³-hybridized carbons (Fsp3) is 0.333. The van der Waals surface area contributed by atoms with Crippen LogP contribution in [0.25, 0.3) is 6.08 Å². The van der Waals surface area contributed by atoms with E-state index in [2.05, 4.69) is 29.8 Å². The van der Waals surface area contributed by atoms with Gasteiger partial charge in [-0.25, -0.2) is 4.39 Å². The van der Waals surface area contributed by atoms with Crippen molar-refractivity contribution in [2.24, 2.45) is 11.7 Å². The Labute approximate surface area is 98.3 Å². The van der Waals surface area contributed by atoms with Crippen LogP contribution in [0.4, 0.5) is 4.39 Å². The van der Waals surface area contributed by atoms with Crippen LogP contribution < -0.4 is 5.73 Å². The molecule has 0 aliphatic carbocycles. The van der Waals surface area contributed by atoms with Crippen LogP contribution >= 0.6 is 15.9 Å². The van der Waals surface area contributed by atoms with E-state index in [9.17, 15) is 4.39 Å². The maximum Gasteiger partial charge on any atom is 0.137 e. The van der Waals surface area contributed by atoms with E-state index >= 15 is 0 Å². The van der Waals surface area contributed by atoms with Gasteiger partial charge in [0.2, 0.25) is 0 Å². The molecular weight excluding hydrogens is 257 g/mol. The fourth-order valence-corrected chi connectivity index (χ4v) is 1.67. The highest BCUT2D eigenvalue weighted by atomic mass is 79.9. The minimum atomic E-state index is -0.244. The summed E-state index contributed by atoms with van der Waals surface area (Å²) < 4.78 is 13.5. The molecule has 1 nitrogen and oxygen atoms in total. The highest BCUT2D eigenvalue weighted by molar-refractivity contribution is 9.10. The standard InChI is InChI=1S/C12H15BrFN/c1-8(2)10(7-15)5-9-3-4-12(14)11(13)6-9/h3-6,8H,7,15H2,1-2H3. The van der Waals surface area contributed by atoms with Crippen molar-refractivity contribution in [3.8, 4) is 0 Å². The molecule has 0 radical (unpaired) electrons. The Morgan fingerprint density at radius 2 is 2.20 bits per heavy atom. The number of nitrogens with two attached hydrogens (primary N) is 1. The molecule has 0 bridgehead atoms. The van der Waals surface area contributed by atoms with E-state index in [4.69, 9.17) is 5.73 Å². The van der Waals surface area contributed by atoms with E-state index < -0.39 is 0 Å². The zero-order valence-electron chi connectivity index (χ0n) is 8.93. The molecule has 0 spiro atoms. The van der Waals surface area contributed by atoms with Gasteiger partial charge in [-0.3, -0.25) is 0 Å². The van der Waals surface area contributed by atoms with Crippen LogP contribution in [0, 0.1) is 11.7 Å². The molecule has 0 aliphatic rings. The molecule has 3 heteroatoms. The molecule has 82 valence electrons. The lowest BCUT2D eigenvalue weighted by Gasteiger charge is -2.08. The highest BCUT2D eigenvalue weighted by Gasteiger charge is 2.03. The molecule has 0 amide bonds. The summed E-state index contributed by atoms with van der Waals surface area (Å²) in [4.78, 5) is 0. The lowest BCUT2D eigenvalue weighted by atomic mass is 10.0. The Balaban J connectivity index is 3.01. The first-order valence-corrected chi connectivity index (χ1v) is 5.69. The van der Waals surface area contributed by atoms with Gasteiger partial charge in [-0.1, -0.05) is 31.6 Å². The third-order valence-corrected chi connectivity index (χ3v) is 2.88. The summed E-state index contributed by atoms with van der Waals surface area (Å²) in [7, 11) is 0. The molecule has 1 aromatic carbocycles. The van der Waals surface area contributed by atoms with Gasteiger partial charge in [0.05, 0.1) is 4.47 Å². The third-order valence-electron chi connectivity index (χ3n) is 2.27. The van der Waals surface area contributed by atoms with Crippen LogP contribution in [0.2, 0.25) is 0 Å². The van der Waals surface area contributed by atoms with E-state index in [0.717, 1.165) is 11.1 Å². The molecule has 15 heavy (non-hydrogen) atoms. The van der Waals surface area contributed by atoms with E-state index in [1.807, 2.05) is 6.08 Å². The first kappa shape index (κ1) is 12.4. The van der Waals surface area contributed by atoms with Crippen molar-refractivity contribution < 1.29 is 4.39 Å². The van der Waals surface area contributed by atoms with Gasteiger partial charge in [-0.15, -0.1) is 0 Å². The Kier molecular flexibility index (Phi) is 4.48. The van der Waals surface area contributed by atoms with E-state index in [1.54, 1.807) is 12.1 Å². The summed E-state index contributed by atoms with van der Waals surface area (Å²) in [6, 6.07) is 4.95. The Morgan fingerprint density at radius 1 is 1.53 bits per heavy atom. The van der Waals surface area contributed by atoms with Gasteiger partial charge >= 0.3 is 0 Å². The topological polar surface area (TPSA) is 26.0 Å². The third kappa shape index (κ3) is 3.43. The maximum atomic E-state index is 13.0. The summed E-state index contributed by atoms with van der Waals surface area (Å²) >= 11 is 3.16. The van der Waals surface area contributed by atoms with Crippen molar-refractivity contribution in [1.29, 1.82) is 0 Å². The summed E-state index contributed by atoms with van der Waals surface area (Å²) in [5.41, 5.74) is 7.77. The summed E-state index contributed by atoms with van der Waals surface area (Å²) in [6.07, 6.45) is 2.01. The summed E-state index contributed by atoms with van der Waals surface area (Å²) in [6.45, 7) is 4.72. The molecule has 1 rings (SSSR count). The van der Waals surface area contributed by atoms with E-state index in [0.29, 0.717) is 16.9 Å². The van der Waals surface area contributed by atoms with Crippen molar-refractivity contribution in [2.45, 2.75) is 13.8 Å². The second kappa shape index (κ2) is 5.42. The lowest BCUT2D eigenvalue weighted by molar-refractivity contribution is 0.621. The first-order chi connectivity index (χ1) is 7.04. The first-order valence-electron chi connectivity index (χ1n) is 4.90. The van der Waals surface area contributed by atoms with Crippen LogP contribution in [0.1, 0.15) is 19.4 Å². The molecule has 1 aromatic rings. The monoisotopic (exact) mass is 271 g/mol. The Morgan fingerprint density at radius 3 is 2.67 bits per heavy atom. The number of benzene rings is 1. The van der Waals surface area contributed by atoms with Crippen molar-refractivity contribution in [3.05, 3.63) is 39.6 Å². The largest absolute Gasteiger partial charge is 0.327 e. The minimum absolute atomic E-state index is 0.244. The molecule has 0 fully saturated rings. The van der Waals surface area contributed by atoms with E-state index in [1.165, 1.54) is 6.07 Å². The van der Waals surface area contributed by atoms with Crippen molar-refractivity contribution >= 4 is 22.0 Å². The number of halogens is 2. The normalized spacial score (nSPS) is 12.3. The maximum absolute atomic E-state index is 13.0. The van der Waals surface area contributed by atoms with Gasteiger partial charge in [0.25, 0.3) is 0 Å². The molecule has 2 N–H and O–H groups in total. The molecule has 0 aliphatic heterocycles. The lowest BCUT2D eigenvalue weighted by Crippen LogP contribution is -2.08. The Bertz CT molecular complexity index is 372. The van der Waals surface area contributed by atoms with Crippen molar-refractivity contribution in [2.75, 3.05) is 6.54 Å². The van der Waals surface area contributed by atoms with E-state index in [-0.39, 0.29) is 5.82 Å². The molecule has 0 atom stereocenters. The van der Waals surface area contributed by atoms with Crippen LogP contribution in [0.5, 0.6) is 0 Å². The fourth-order valence-electron chi connectivity index (χ4n) is 1.28. The SMILES string of the molecule is CC(C)C(=Cc1ccc(F)c(Br)c1)CN. The average Bonchev–Trinajstić information content (AvgIpc) is 2.19. The van der Waals surface area contributed by atoms with Gasteiger partial charge in [0, 0.05) is 6.54 Å². The number of hydrogen-bond acceptors (Lipinski definition) is 1. The average molecular weight is 272 g/mol. The van der Waals surface area contributed by atoms with Gasteiger partial charge in [-0.2, -0.15) is 0 Å². The van der Waals surface area contributed by atoms with Crippen molar-refractivity contribution in [3.63, 3.8) is 0 Å². The predicted octanol–water partition coefficient (Wildman–Crippen LogP) is 3.59.